The molecule has 0 saturated heterocycles. The molecule has 0 aliphatic rings. The van der Waals surface area contributed by atoms with Crippen LogP contribution in [0.2, 0.25) is 5.02 Å². The number of nitrogens with zero attached hydrogens (tertiary/aromatic N) is 4. The first-order valence-electron chi connectivity index (χ1n) is 7.78. The van der Waals surface area contributed by atoms with Gasteiger partial charge in [-0.1, -0.05) is 11.6 Å². The van der Waals surface area contributed by atoms with Gasteiger partial charge in [-0.15, -0.1) is 0 Å². The number of hydrogen-bond donors (Lipinski definition) is 1. The normalized spacial score (nSPS) is 11.0. The Kier molecular flexibility index (Phi) is 6.35. The van der Waals surface area contributed by atoms with Crippen molar-refractivity contribution < 1.29 is 14.4 Å². The number of halogens is 1. The lowest BCUT2D eigenvalue weighted by Gasteiger charge is -2.14. The molecular formula is C16H18ClN5O5. The minimum Gasteiger partial charge on any atom is -0.493 e. The lowest BCUT2D eigenvalue weighted by molar-refractivity contribution is -0.386. The Morgan fingerprint density at radius 1 is 1.44 bits per heavy atom. The first-order chi connectivity index (χ1) is 12.7. The van der Waals surface area contributed by atoms with Crippen molar-refractivity contribution in [2.45, 2.75) is 20.0 Å². The van der Waals surface area contributed by atoms with Gasteiger partial charge in [0.2, 0.25) is 5.75 Å². The highest BCUT2D eigenvalue weighted by Crippen LogP contribution is 2.38. The maximum absolute atomic E-state index is 11.7. The average Bonchev–Trinajstić information content (AvgIpc) is 2.61. The van der Waals surface area contributed by atoms with E-state index in [0.29, 0.717) is 5.56 Å². The number of nitro groups is 1. The Hall–Kier alpha value is -3.14. The molecule has 0 amide bonds. The number of nitro benzene ring substituents is 1. The summed E-state index contributed by atoms with van der Waals surface area (Å²) in [5.74, 6) is 0.244. The van der Waals surface area contributed by atoms with Crippen LogP contribution in [0.15, 0.2) is 28.2 Å². The van der Waals surface area contributed by atoms with Gasteiger partial charge in [-0.2, -0.15) is 10.2 Å². The van der Waals surface area contributed by atoms with Gasteiger partial charge < -0.3 is 9.47 Å². The molecule has 0 aliphatic heterocycles. The van der Waals surface area contributed by atoms with E-state index >= 15 is 0 Å². The van der Waals surface area contributed by atoms with Crippen LogP contribution >= 0.6 is 11.6 Å². The third-order valence-corrected chi connectivity index (χ3v) is 3.67. The fraction of sp³-hybridized carbons (Fsp3) is 0.312. The molecule has 11 heteroatoms. The zero-order chi connectivity index (χ0) is 20.1. The Morgan fingerprint density at radius 3 is 2.74 bits per heavy atom. The van der Waals surface area contributed by atoms with Crippen molar-refractivity contribution in [2.24, 2.45) is 12.1 Å². The lowest BCUT2D eigenvalue weighted by atomic mass is 10.2. The van der Waals surface area contributed by atoms with E-state index in [1.54, 1.807) is 19.9 Å². The molecular weight excluding hydrogens is 378 g/mol. The lowest BCUT2D eigenvalue weighted by Crippen LogP contribution is -2.20. The monoisotopic (exact) mass is 395 g/mol. The van der Waals surface area contributed by atoms with Gasteiger partial charge in [-0.05, 0) is 19.9 Å². The molecule has 10 nitrogen and oxygen atoms in total. The molecule has 1 heterocycles. The number of hydrazone groups is 1. The fourth-order valence-electron chi connectivity index (χ4n) is 2.09. The molecule has 144 valence electrons. The molecule has 1 aromatic carbocycles. The molecule has 0 spiro atoms. The number of hydrogen-bond acceptors (Lipinski definition) is 8. The third-order valence-electron chi connectivity index (χ3n) is 3.30. The Labute approximate surface area is 159 Å². The summed E-state index contributed by atoms with van der Waals surface area (Å²) in [6.07, 6.45) is 2.39. The SMILES string of the molecule is COc1cc(/C=N\Nc2cnn(C)c(=O)c2Cl)cc([N+](=O)[O-])c1OC(C)C. The Balaban J connectivity index is 2.35. The molecule has 1 aromatic heterocycles. The van der Waals surface area contributed by atoms with Crippen LogP contribution in [-0.4, -0.2) is 34.1 Å². The number of aromatic nitrogens is 2. The second-order valence-corrected chi connectivity index (χ2v) is 6.04. The van der Waals surface area contributed by atoms with E-state index in [0.717, 1.165) is 4.68 Å². The highest BCUT2D eigenvalue weighted by Gasteiger charge is 2.23. The molecule has 0 bridgehead atoms. The minimum atomic E-state index is -0.563. The highest BCUT2D eigenvalue weighted by molar-refractivity contribution is 6.32. The van der Waals surface area contributed by atoms with E-state index < -0.39 is 10.5 Å². The van der Waals surface area contributed by atoms with Crippen molar-refractivity contribution >= 4 is 29.2 Å². The van der Waals surface area contributed by atoms with Gasteiger partial charge in [-0.3, -0.25) is 20.3 Å². The molecule has 0 radical (unpaired) electrons. The zero-order valence-corrected chi connectivity index (χ0v) is 15.9. The van der Waals surface area contributed by atoms with Gasteiger partial charge in [0.25, 0.3) is 5.56 Å². The molecule has 27 heavy (non-hydrogen) atoms. The van der Waals surface area contributed by atoms with E-state index in [2.05, 4.69) is 15.6 Å². The molecule has 0 saturated carbocycles. The largest absolute Gasteiger partial charge is 0.493 e. The molecule has 1 N–H and O–H groups in total. The van der Waals surface area contributed by atoms with Crippen molar-refractivity contribution in [1.82, 2.24) is 9.78 Å². The van der Waals surface area contributed by atoms with E-state index in [4.69, 9.17) is 21.1 Å². The second-order valence-electron chi connectivity index (χ2n) is 5.67. The number of anilines is 1. The van der Waals surface area contributed by atoms with Crippen LogP contribution in [0.3, 0.4) is 0 Å². The Morgan fingerprint density at radius 2 is 2.15 bits per heavy atom. The number of methoxy groups -OCH3 is 1. The number of benzene rings is 1. The van der Waals surface area contributed by atoms with Gasteiger partial charge in [0.05, 0.1) is 30.5 Å². The summed E-state index contributed by atoms with van der Waals surface area (Å²) in [5.41, 5.74) is 2.44. The fourth-order valence-corrected chi connectivity index (χ4v) is 2.30. The molecule has 2 aromatic rings. The minimum absolute atomic E-state index is 0.0430. The van der Waals surface area contributed by atoms with Crippen LogP contribution in [-0.2, 0) is 7.05 Å². The summed E-state index contributed by atoms with van der Waals surface area (Å²) in [7, 11) is 2.85. The maximum atomic E-state index is 11.7. The predicted octanol–water partition coefficient (Wildman–Crippen LogP) is 2.58. The van der Waals surface area contributed by atoms with Crippen LogP contribution in [0.1, 0.15) is 19.4 Å². The van der Waals surface area contributed by atoms with Crippen molar-refractivity contribution in [3.05, 3.63) is 49.4 Å². The second kappa shape index (κ2) is 8.49. The number of nitrogens with one attached hydrogen (secondary N) is 1. The first-order valence-corrected chi connectivity index (χ1v) is 8.16. The van der Waals surface area contributed by atoms with E-state index in [-0.39, 0.29) is 34.0 Å². The van der Waals surface area contributed by atoms with Gasteiger partial charge >= 0.3 is 5.69 Å². The van der Waals surface area contributed by atoms with Crippen molar-refractivity contribution in [3.8, 4) is 11.5 Å². The Bertz CT molecular complexity index is 942. The highest BCUT2D eigenvalue weighted by atomic mass is 35.5. The summed E-state index contributed by atoms with van der Waals surface area (Å²) < 4.78 is 11.8. The average molecular weight is 396 g/mol. The van der Waals surface area contributed by atoms with Crippen LogP contribution < -0.4 is 20.5 Å². The first kappa shape index (κ1) is 20.2. The number of rotatable bonds is 7. The molecule has 0 fully saturated rings. The van der Waals surface area contributed by atoms with Gasteiger partial charge in [0.15, 0.2) is 5.75 Å². The standard InChI is InChI=1S/C16H18ClN5O5/c1-9(2)27-15-12(22(24)25)5-10(6-13(15)26-4)7-18-20-11-8-19-21(3)16(23)14(11)17/h5-9,20H,1-4H3/b18-7-. The number of aryl methyl sites for hydroxylation is 1. The quantitative estimate of drug-likeness (QED) is 0.434. The maximum Gasteiger partial charge on any atom is 0.315 e. The molecule has 2 rings (SSSR count). The van der Waals surface area contributed by atoms with Crippen LogP contribution in [0.25, 0.3) is 0 Å². The van der Waals surface area contributed by atoms with Gasteiger partial charge in [-0.25, -0.2) is 4.68 Å². The van der Waals surface area contributed by atoms with Crippen LogP contribution in [0.4, 0.5) is 11.4 Å². The van der Waals surface area contributed by atoms with Crippen molar-refractivity contribution in [3.63, 3.8) is 0 Å². The molecule has 0 unspecified atom stereocenters. The molecule has 0 aliphatic carbocycles. The van der Waals surface area contributed by atoms with E-state index in [1.165, 1.54) is 32.6 Å². The van der Waals surface area contributed by atoms with E-state index in [1.807, 2.05) is 0 Å². The van der Waals surface area contributed by atoms with Crippen LogP contribution in [0.5, 0.6) is 11.5 Å². The van der Waals surface area contributed by atoms with Gasteiger partial charge in [0, 0.05) is 18.7 Å². The summed E-state index contributed by atoms with van der Waals surface area (Å²) in [5, 5.41) is 19.1. The van der Waals surface area contributed by atoms with E-state index in [9.17, 15) is 14.9 Å². The summed E-state index contributed by atoms with van der Waals surface area (Å²) >= 11 is 5.93. The van der Waals surface area contributed by atoms with Crippen molar-refractivity contribution in [2.75, 3.05) is 12.5 Å². The predicted molar refractivity (Wildman–Crippen MR) is 101 cm³/mol. The van der Waals surface area contributed by atoms with Crippen molar-refractivity contribution in [1.29, 1.82) is 0 Å². The number of ether oxygens (including phenoxy) is 2. The summed E-state index contributed by atoms with van der Waals surface area (Å²) in [4.78, 5) is 22.5. The third kappa shape index (κ3) is 4.73. The zero-order valence-electron chi connectivity index (χ0n) is 15.1. The topological polar surface area (TPSA) is 121 Å². The van der Waals surface area contributed by atoms with Gasteiger partial charge in [0.1, 0.15) is 10.7 Å². The summed E-state index contributed by atoms with van der Waals surface area (Å²) in [6.45, 7) is 3.51. The van der Waals surface area contributed by atoms with Crippen LogP contribution in [0, 0.1) is 10.1 Å². The molecule has 0 atom stereocenters. The smallest absolute Gasteiger partial charge is 0.315 e. The summed E-state index contributed by atoms with van der Waals surface area (Å²) in [6, 6.07) is 2.84.